The smallest absolute Gasteiger partial charge is 0.0955 e. The first kappa shape index (κ1) is 21.2. The molecule has 1 atom stereocenters. The van der Waals surface area contributed by atoms with Crippen LogP contribution < -0.4 is 0 Å². The highest BCUT2D eigenvalue weighted by molar-refractivity contribution is 6.84. The molecule has 0 bridgehead atoms. The highest BCUT2D eigenvalue weighted by Crippen LogP contribution is 2.48. The minimum Gasteiger partial charge on any atom is -0.382 e. The van der Waals surface area contributed by atoms with Crippen LogP contribution in [0.5, 0.6) is 0 Å². The van der Waals surface area contributed by atoms with Crippen molar-refractivity contribution in [1.29, 1.82) is 0 Å². The van der Waals surface area contributed by atoms with E-state index in [9.17, 15) is 0 Å². The molecule has 1 unspecified atom stereocenters. The molecule has 2 heteroatoms. The normalized spacial score (nSPS) is 20.6. The maximum Gasteiger partial charge on any atom is 0.0955 e. The van der Waals surface area contributed by atoms with Crippen LogP contribution in [-0.2, 0) is 4.74 Å². The lowest BCUT2D eigenvalue weighted by atomic mass is 9.97. The van der Waals surface area contributed by atoms with E-state index in [1.807, 2.05) is 0 Å². The molecule has 1 rings (SSSR count). The molecule has 0 N–H and O–H groups in total. The highest BCUT2D eigenvalue weighted by atomic mass is 28.3. The molecule has 0 heterocycles. The number of rotatable bonds is 7. The molecule has 0 amide bonds. The van der Waals surface area contributed by atoms with Crippen LogP contribution in [0.25, 0.3) is 0 Å². The molecular formula is C21H44OSi. The van der Waals surface area contributed by atoms with Crippen LogP contribution >= 0.6 is 0 Å². The van der Waals surface area contributed by atoms with Gasteiger partial charge in [-0.25, -0.2) is 0 Å². The predicted molar refractivity (Wildman–Crippen MR) is 107 cm³/mol. The summed E-state index contributed by atoms with van der Waals surface area (Å²) in [5.41, 5.74) is 2.95. The first-order valence-electron chi connectivity index (χ1n) is 10.5. The van der Waals surface area contributed by atoms with Crippen LogP contribution in [0.3, 0.4) is 0 Å². The van der Waals surface area contributed by atoms with Crippen LogP contribution in [-0.4, -0.2) is 20.4 Å². The number of ether oxygens (including phenoxy) is 1. The summed E-state index contributed by atoms with van der Waals surface area (Å²) in [6.45, 7) is 18.1. The van der Waals surface area contributed by atoms with Crippen molar-refractivity contribution in [2.75, 3.05) is 6.61 Å². The van der Waals surface area contributed by atoms with Crippen molar-refractivity contribution >= 4 is 8.07 Å². The third-order valence-electron chi connectivity index (χ3n) is 6.67. The summed E-state index contributed by atoms with van der Waals surface area (Å²) in [6, 6.07) is 0. The first-order chi connectivity index (χ1) is 10.9. The number of hydrogen-bond donors (Lipinski definition) is 0. The van der Waals surface area contributed by atoms with E-state index in [1.54, 1.807) is 0 Å². The van der Waals surface area contributed by atoms with Gasteiger partial charge in [0.05, 0.1) is 13.8 Å². The van der Waals surface area contributed by atoms with Gasteiger partial charge in [0.1, 0.15) is 0 Å². The first-order valence-corrected chi connectivity index (χ1v) is 12.8. The van der Waals surface area contributed by atoms with E-state index in [0.717, 1.165) is 29.1 Å². The van der Waals surface area contributed by atoms with Crippen LogP contribution in [0.1, 0.15) is 99.8 Å². The molecule has 1 saturated carbocycles. The van der Waals surface area contributed by atoms with Gasteiger partial charge in [-0.1, -0.05) is 80.1 Å². The van der Waals surface area contributed by atoms with Crippen molar-refractivity contribution in [2.24, 2.45) is 5.92 Å². The van der Waals surface area contributed by atoms with Crippen LogP contribution in [0.4, 0.5) is 0 Å². The Morgan fingerprint density at radius 2 is 1.13 bits per heavy atom. The van der Waals surface area contributed by atoms with Gasteiger partial charge in [0.25, 0.3) is 0 Å². The quantitative estimate of drug-likeness (QED) is 0.440. The van der Waals surface area contributed by atoms with Crippen molar-refractivity contribution < 1.29 is 4.74 Å². The van der Waals surface area contributed by atoms with Gasteiger partial charge in [-0.05, 0) is 42.3 Å². The van der Waals surface area contributed by atoms with Crippen LogP contribution in [0.2, 0.25) is 16.6 Å². The summed E-state index contributed by atoms with van der Waals surface area (Å²) in [4.78, 5) is 0. The van der Waals surface area contributed by atoms with Crippen LogP contribution in [0, 0.1) is 5.92 Å². The Kier molecular flexibility index (Phi) is 9.44. The zero-order chi connectivity index (χ0) is 17.5. The van der Waals surface area contributed by atoms with E-state index < -0.39 is 8.07 Å². The third kappa shape index (κ3) is 5.08. The fourth-order valence-corrected chi connectivity index (χ4v) is 13.4. The Bertz CT molecular complexity index is 279. The molecular weight excluding hydrogens is 296 g/mol. The molecule has 138 valence electrons. The lowest BCUT2D eigenvalue weighted by molar-refractivity contribution is 0.0563. The van der Waals surface area contributed by atoms with Gasteiger partial charge in [-0.15, -0.1) is 0 Å². The van der Waals surface area contributed by atoms with Gasteiger partial charge in [0, 0.05) is 6.61 Å². The minimum absolute atomic E-state index is 0.561. The van der Waals surface area contributed by atoms with Crippen molar-refractivity contribution in [3.8, 4) is 0 Å². The van der Waals surface area contributed by atoms with E-state index in [0.29, 0.717) is 5.73 Å². The molecule has 0 saturated heterocycles. The highest BCUT2D eigenvalue weighted by Gasteiger charge is 2.51. The summed E-state index contributed by atoms with van der Waals surface area (Å²) in [6.07, 6.45) is 11.4. The summed E-state index contributed by atoms with van der Waals surface area (Å²) in [5, 5.41) is 0. The molecule has 1 aliphatic carbocycles. The van der Waals surface area contributed by atoms with Gasteiger partial charge in [-0.3, -0.25) is 0 Å². The van der Waals surface area contributed by atoms with E-state index in [2.05, 4.69) is 48.5 Å². The third-order valence-corrected chi connectivity index (χ3v) is 14.3. The topological polar surface area (TPSA) is 9.23 Å². The molecule has 0 aromatic carbocycles. The molecule has 0 spiro atoms. The van der Waals surface area contributed by atoms with E-state index in [-0.39, 0.29) is 0 Å². The Labute approximate surface area is 148 Å². The van der Waals surface area contributed by atoms with Gasteiger partial charge < -0.3 is 4.74 Å². The van der Waals surface area contributed by atoms with Crippen molar-refractivity contribution in [2.45, 2.75) is 122 Å². The summed E-state index contributed by atoms with van der Waals surface area (Å²) >= 11 is 0. The standard InChI is InChI=1S/C21H44OSi/c1-8-22-21(20-15-13-11-9-10-12-14-16-20)23(17(2)3,18(4)5)19(6)7/h17-21H,8-16H2,1-7H3. The zero-order valence-electron chi connectivity index (χ0n) is 17.2. The molecule has 1 aliphatic rings. The van der Waals surface area contributed by atoms with Crippen molar-refractivity contribution in [1.82, 2.24) is 0 Å². The second-order valence-electron chi connectivity index (χ2n) is 8.80. The van der Waals surface area contributed by atoms with Crippen LogP contribution in [0.15, 0.2) is 0 Å². The van der Waals surface area contributed by atoms with Gasteiger partial charge >= 0.3 is 0 Å². The van der Waals surface area contributed by atoms with Crippen molar-refractivity contribution in [3.63, 3.8) is 0 Å². The molecule has 23 heavy (non-hydrogen) atoms. The SMILES string of the molecule is CCOC(C1CCCCCCCC1)[Si](C(C)C)(C(C)C)C(C)C. The molecule has 0 aromatic heterocycles. The molecule has 0 radical (unpaired) electrons. The Morgan fingerprint density at radius 1 is 0.739 bits per heavy atom. The molecule has 1 nitrogen and oxygen atoms in total. The predicted octanol–water partition coefficient (Wildman–Crippen LogP) is 7.36. The van der Waals surface area contributed by atoms with Crippen molar-refractivity contribution in [3.05, 3.63) is 0 Å². The Morgan fingerprint density at radius 3 is 1.48 bits per heavy atom. The number of hydrogen-bond acceptors (Lipinski definition) is 1. The van der Waals surface area contributed by atoms with E-state index in [1.165, 1.54) is 51.4 Å². The lowest BCUT2D eigenvalue weighted by Gasteiger charge is -2.51. The molecule has 0 aliphatic heterocycles. The summed E-state index contributed by atoms with van der Waals surface area (Å²) in [7, 11) is -1.54. The monoisotopic (exact) mass is 340 g/mol. The largest absolute Gasteiger partial charge is 0.382 e. The maximum absolute atomic E-state index is 6.63. The Hall–Kier alpha value is 0.177. The van der Waals surface area contributed by atoms with E-state index in [4.69, 9.17) is 4.74 Å². The summed E-state index contributed by atoms with van der Waals surface area (Å²) in [5.74, 6) is 0.812. The minimum atomic E-state index is -1.54. The van der Waals surface area contributed by atoms with Gasteiger partial charge in [-0.2, -0.15) is 0 Å². The van der Waals surface area contributed by atoms with Gasteiger partial charge in [0.15, 0.2) is 0 Å². The molecule has 0 aromatic rings. The second-order valence-corrected chi connectivity index (χ2v) is 14.8. The zero-order valence-corrected chi connectivity index (χ0v) is 18.2. The fourth-order valence-electron chi connectivity index (χ4n) is 5.82. The average molecular weight is 341 g/mol. The second kappa shape index (κ2) is 10.2. The molecule has 1 fully saturated rings. The summed E-state index contributed by atoms with van der Waals surface area (Å²) < 4.78 is 6.63. The fraction of sp³-hybridized carbons (Fsp3) is 1.00. The lowest BCUT2D eigenvalue weighted by Crippen LogP contribution is -2.59. The Balaban J connectivity index is 3.15. The average Bonchev–Trinajstić information content (AvgIpc) is 2.59. The van der Waals surface area contributed by atoms with E-state index >= 15 is 0 Å². The van der Waals surface area contributed by atoms with Gasteiger partial charge in [0.2, 0.25) is 0 Å². The maximum atomic E-state index is 6.63.